The maximum Gasteiger partial charge on any atom is 0.239 e. The first-order valence-corrected chi connectivity index (χ1v) is 10.5. The first-order chi connectivity index (χ1) is 12.1. The third-order valence-electron chi connectivity index (χ3n) is 4.73. The summed E-state index contributed by atoms with van der Waals surface area (Å²) in [5, 5.41) is 0. The molecule has 1 saturated heterocycles. The summed E-state index contributed by atoms with van der Waals surface area (Å²) in [4.78, 5) is 19.1. The van der Waals surface area contributed by atoms with Crippen LogP contribution in [0.15, 0.2) is 30.3 Å². The number of likely N-dealkylation sites (N-methyl/N-ethyl adjacent to an activating group) is 1. The van der Waals surface area contributed by atoms with Gasteiger partial charge in [-0.1, -0.05) is 30.3 Å². The highest BCUT2D eigenvalue weighted by atomic mass is 32.2. The Balaban J connectivity index is 1.65. The molecule has 1 amide bonds. The topological polar surface area (TPSA) is 52.8 Å². The lowest BCUT2D eigenvalue weighted by Crippen LogP contribution is -2.54. The van der Waals surface area contributed by atoms with Crippen molar-refractivity contribution < 1.29 is 4.79 Å². The number of nitrogens with two attached hydrogens (primary N) is 1. The first kappa shape index (κ1) is 20.2. The van der Waals surface area contributed by atoms with E-state index in [1.54, 1.807) is 11.8 Å². The number of benzene rings is 1. The summed E-state index contributed by atoms with van der Waals surface area (Å²) in [6, 6.07) is 10.2. The zero-order valence-electron chi connectivity index (χ0n) is 15.6. The van der Waals surface area contributed by atoms with Crippen molar-refractivity contribution in [3.63, 3.8) is 0 Å². The van der Waals surface area contributed by atoms with E-state index in [4.69, 9.17) is 5.73 Å². The second kappa shape index (κ2) is 10.8. The number of hydrogen-bond donors (Lipinski definition) is 1. The molecular weight excluding hydrogens is 332 g/mol. The quantitative estimate of drug-likeness (QED) is 0.717. The van der Waals surface area contributed by atoms with E-state index in [0.717, 1.165) is 58.0 Å². The number of rotatable bonds is 9. The van der Waals surface area contributed by atoms with Gasteiger partial charge in [-0.15, -0.1) is 0 Å². The van der Waals surface area contributed by atoms with Crippen molar-refractivity contribution in [1.29, 1.82) is 0 Å². The molecule has 0 spiro atoms. The number of carbonyl (C=O) groups is 1. The van der Waals surface area contributed by atoms with Crippen molar-refractivity contribution in [3.05, 3.63) is 35.9 Å². The van der Waals surface area contributed by atoms with Crippen molar-refractivity contribution in [3.8, 4) is 0 Å². The van der Waals surface area contributed by atoms with E-state index >= 15 is 0 Å². The summed E-state index contributed by atoms with van der Waals surface area (Å²) in [7, 11) is 2.16. The molecule has 140 valence electrons. The van der Waals surface area contributed by atoms with Crippen LogP contribution in [0.3, 0.4) is 0 Å². The summed E-state index contributed by atoms with van der Waals surface area (Å²) in [6.07, 6.45) is 2.81. The van der Waals surface area contributed by atoms with E-state index in [2.05, 4.69) is 47.2 Å². The Labute approximate surface area is 156 Å². The molecule has 1 atom stereocenters. The van der Waals surface area contributed by atoms with Crippen molar-refractivity contribution in [2.24, 2.45) is 5.73 Å². The summed E-state index contributed by atoms with van der Waals surface area (Å²) < 4.78 is 0. The van der Waals surface area contributed by atoms with Crippen LogP contribution >= 0.6 is 11.8 Å². The molecular formula is C19H32N4OS. The van der Waals surface area contributed by atoms with Crippen LogP contribution in [0.2, 0.25) is 0 Å². The lowest BCUT2D eigenvalue weighted by Gasteiger charge is -2.36. The fourth-order valence-electron chi connectivity index (χ4n) is 3.08. The van der Waals surface area contributed by atoms with Gasteiger partial charge in [-0.2, -0.15) is 11.8 Å². The van der Waals surface area contributed by atoms with Crippen LogP contribution in [0.1, 0.15) is 12.0 Å². The van der Waals surface area contributed by atoms with E-state index in [-0.39, 0.29) is 11.9 Å². The average molecular weight is 365 g/mol. The zero-order valence-corrected chi connectivity index (χ0v) is 16.4. The van der Waals surface area contributed by atoms with Crippen molar-refractivity contribution in [2.75, 3.05) is 58.3 Å². The molecule has 2 N–H and O–H groups in total. The summed E-state index contributed by atoms with van der Waals surface area (Å²) in [6.45, 7) is 6.55. The molecule has 0 bridgehead atoms. The Hall–Kier alpha value is -1.08. The van der Waals surface area contributed by atoms with Gasteiger partial charge in [-0.25, -0.2) is 0 Å². The number of thioether (sulfide) groups is 1. The van der Waals surface area contributed by atoms with Gasteiger partial charge in [0.15, 0.2) is 0 Å². The van der Waals surface area contributed by atoms with Gasteiger partial charge in [0.25, 0.3) is 0 Å². The molecule has 0 radical (unpaired) electrons. The normalized spacial score (nSPS) is 17.0. The molecule has 5 nitrogen and oxygen atoms in total. The Kier molecular flexibility index (Phi) is 8.75. The Bertz CT molecular complexity index is 505. The van der Waals surface area contributed by atoms with Crippen LogP contribution in [-0.2, 0) is 11.3 Å². The standard InChI is InChI=1S/C19H32N4OS/c1-21(16-17-6-4-3-5-7-17)9-10-22-11-13-23(14-12-22)19(24)18(20)8-15-25-2/h3-7,18H,8-16,20H2,1-2H3/t18-/m0/s1. The number of carbonyl (C=O) groups excluding carboxylic acids is 1. The van der Waals surface area contributed by atoms with Gasteiger partial charge in [0.2, 0.25) is 5.91 Å². The summed E-state index contributed by atoms with van der Waals surface area (Å²) in [5.74, 6) is 1.07. The Morgan fingerprint density at radius 3 is 2.56 bits per heavy atom. The molecule has 0 saturated carbocycles. The van der Waals surface area contributed by atoms with Gasteiger partial charge in [-0.3, -0.25) is 9.69 Å². The predicted molar refractivity (Wildman–Crippen MR) is 107 cm³/mol. The molecule has 1 aromatic carbocycles. The Morgan fingerprint density at radius 2 is 1.92 bits per heavy atom. The summed E-state index contributed by atoms with van der Waals surface area (Å²) >= 11 is 1.74. The molecule has 6 heteroatoms. The minimum atomic E-state index is -0.337. The van der Waals surface area contributed by atoms with Gasteiger partial charge in [0.1, 0.15) is 0 Å². The monoisotopic (exact) mass is 364 g/mol. The molecule has 0 aromatic heterocycles. The minimum absolute atomic E-state index is 0.120. The van der Waals surface area contributed by atoms with Crippen LogP contribution in [-0.4, -0.2) is 85.0 Å². The van der Waals surface area contributed by atoms with E-state index < -0.39 is 0 Å². The zero-order chi connectivity index (χ0) is 18.1. The van der Waals surface area contributed by atoms with E-state index in [9.17, 15) is 4.79 Å². The highest BCUT2D eigenvalue weighted by molar-refractivity contribution is 7.98. The van der Waals surface area contributed by atoms with Crippen LogP contribution in [0.4, 0.5) is 0 Å². The van der Waals surface area contributed by atoms with Crippen LogP contribution < -0.4 is 5.73 Å². The van der Waals surface area contributed by atoms with Crippen molar-refractivity contribution in [2.45, 2.75) is 19.0 Å². The van der Waals surface area contributed by atoms with Crippen molar-refractivity contribution >= 4 is 17.7 Å². The van der Waals surface area contributed by atoms with E-state index in [0.29, 0.717) is 0 Å². The molecule has 1 heterocycles. The number of nitrogens with zero attached hydrogens (tertiary/aromatic N) is 3. The fraction of sp³-hybridized carbons (Fsp3) is 0.632. The lowest BCUT2D eigenvalue weighted by atomic mass is 10.2. The third kappa shape index (κ3) is 6.98. The molecule has 1 fully saturated rings. The highest BCUT2D eigenvalue weighted by Crippen LogP contribution is 2.08. The van der Waals surface area contributed by atoms with E-state index in [1.165, 1.54) is 5.56 Å². The lowest BCUT2D eigenvalue weighted by molar-refractivity contribution is -0.134. The molecule has 1 aliphatic rings. The van der Waals surface area contributed by atoms with Gasteiger partial charge in [-0.05, 0) is 31.0 Å². The molecule has 0 unspecified atom stereocenters. The van der Waals surface area contributed by atoms with Gasteiger partial charge in [0, 0.05) is 45.8 Å². The average Bonchev–Trinajstić information content (AvgIpc) is 2.65. The maximum atomic E-state index is 12.3. The van der Waals surface area contributed by atoms with Crippen LogP contribution in [0, 0.1) is 0 Å². The highest BCUT2D eigenvalue weighted by Gasteiger charge is 2.24. The van der Waals surface area contributed by atoms with Gasteiger partial charge >= 0.3 is 0 Å². The van der Waals surface area contributed by atoms with Crippen molar-refractivity contribution in [1.82, 2.24) is 14.7 Å². The fourth-order valence-corrected chi connectivity index (χ4v) is 3.57. The van der Waals surface area contributed by atoms with Crippen LogP contribution in [0.25, 0.3) is 0 Å². The number of amides is 1. The smallest absolute Gasteiger partial charge is 0.239 e. The maximum absolute atomic E-state index is 12.3. The largest absolute Gasteiger partial charge is 0.339 e. The van der Waals surface area contributed by atoms with Gasteiger partial charge < -0.3 is 15.5 Å². The molecule has 25 heavy (non-hydrogen) atoms. The second-order valence-electron chi connectivity index (χ2n) is 6.78. The first-order valence-electron chi connectivity index (χ1n) is 9.08. The second-order valence-corrected chi connectivity index (χ2v) is 7.76. The molecule has 1 aliphatic heterocycles. The number of piperazine rings is 1. The predicted octanol–water partition coefficient (Wildman–Crippen LogP) is 1.34. The molecule has 1 aromatic rings. The molecule has 2 rings (SSSR count). The SMILES string of the molecule is CSCC[C@H](N)C(=O)N1CCN(CCN(C)Cc2ccccc2)CC1. The van der Waals surface area contributed by atoms with Crippen LogP contribution in [0.5, 0.6) is 0 Å². The third-order valence-corrected chi connectivity index (χ3v) is 5.37. The Morgan fingerprint density at radius 1 is 1.24 bits per heavy atom. The minimum Gasteiger partial charge on any atom is -0.339 e. The van der Waals surface area contributed by atoms with E-state index in [1.807, 2.05) is 11.2 Å². The molecule has 0 aliphatic carbocycles. The summed E-state index contributed by atoms with van der Waals surface area (Å²) in [5.41, 5.74) is 7.36. The number of hydrogen-bond acceptors (Lipinski definition) is 5. The van der Waals surface area contributed by atoms with Gasteiger partial charge in [0.05, 0.1) is 6.04 Å².